The van der Waals surface area contributed by atoms with Gasteiger partial charge in [-0.2, -0.15) is 0 Å². The van der Waals surface area contributed by atoms with Gasteiger partial charge >= 0.3 is 0 Å². The molecule has 2 aromatic rings. The molecule has 5 heteroatoms. The number of benzene rings is 2. The van der Waals surface area contributed by atoms with Gasteiger partial charge in [0.2, 0.25) is 0 Å². The van der Waals surface area contributed by atoms with E-state index in [0.717, 1.165) is 5.56 Å². The van der Waals surface area contributed by atoms with Crippen LogP contribution in [-0.4, -0.2) is 12.0 Å². The van der Waals surface area contributed by atoms with Gasteiger partial charge in [0, 0.05) is 11.6 Å². The van der Waals surface area contributed by atoms with Crippen molar-refractivity contribution in [2.45, 2.75) is 26.0 Å². The maximum absolute atomic E-state index is 12.9. The molecule has 0 unspecified atom stereocenters. The number of nitrogens with one attached hydrogen (secondary N) is 1. The van der Waals surface area contributed by atoms with Crippen molar-refractivity contribution in [3.8, 4) is 5.75 Å². The zero-order valence-electron chi connectivity index (χ0n) is 12.2. The van der Waals surface area contributed by atoms with E-state index in [-0.39, 0.29) is 11.7 Å². The second kappa shape index (κ2) is 7.80. The van der Waals surface area contributed by atoms with Crippen LogP contribution in [-0.2, 0) is 11.3 Å². The number of rotatable bonds is 6. The number of hydrogen-bond acceptors (Lipinski definition) is 2. The van der Waals surface area contributed by atoms with Crippen LogP contribution in [0, 0.1) is 5.82 Å². The second-order valence-electron chi connectivity index (χ2n) is 4.78. The maximum atomic E-state index is 12.9. The summed E-state index contributed by atoms with van der Waals surface area (Å²) in [6, 6.07) is 12.9. The number of carbonyl (C=O) groups is 1. The minimum Gasteiger partial charge on any atom is -0.481 e. The van der Waals surface area contributed by atoms with Gasteiger partial charge in [-0.3, -0.25) is 4.79 Å². The van der Waals surface area contributed by atoms with E-state index in [0.29, 0.717) is 23.7 Å². The fourth-order valence-corrected chi connectivity index (χ4v) is 2.14. The van der Waals surface area contributed by atoms with Crippen molar-refractivity contribution in [3.63, 3.8) is 0 Å². The standard InChI is InChI=1S/C17H17ClFNO2/c1-2-16(22-14-9-7-13(19)8-10-14)17(21)20-11-12-5-3-4-6-15(12)18/h3-10,16H,2,11H2,1H3,(H,20,21)/t16-/m1/s1. The lowest BCUT2D eigenvalue weighted by atomic mass is 10.2. The van der Waals surface area contributed by atoms with Gasteiger partial charge in [-0.15, -0.1) is 0 Å². The van der Waals surface area contributed by atoms with Crippen molar-refractivity contribution < 1.29 is 13.9 Å². The van der Waals surface area contributed by atoms with Crippen LogP contribution in [0.3, 0.4) is 0 Å². The van der Waals surface area contributed by atoms with E-state index < -0.39 is 6.10 Å². The van der Waals surface area contributed by atoms with Gasteiger partial charge in [-0.05, 0) is 42.3 Å². The Kier molecular flexibility index (Phi) is 5.78. The largest absolute Gasteiger partial charge is 0.481 e. The molecule has 0 radical (unpaired) electrons. The van der Waals surface area contributed by atoms with Crippen LogP contribution >= 0.6 is 11.6 Å². The summed E-state index contributed by atoms with van der Waals surface area (Å²) in [6.07, 6.45) is -0.126. The average molecular weight is 322 g/mol. The fraction of sp³-hybridized carbons (Fsp3) is 0.235. The average Bonchev–Trinajstić information content (AvgIpc) is 2.53. The van der Waals surface area contributed by atoms with Gasteiger partial charge in [0.25, 0.3) is 5.91 Å². The summed E-state index contributed by atoms with van der Waals surface area (Å²) in [5.41, 5.74) is 0.842. The SMILES string of the molecule is CC[C@@H](Oc1ccc(F)cc1)C(=O)NCc1ccccc1Cl. The first-order valence-electron chi connectivity index (χ1n) is 7.03. The third-order valence-corrected chi connectivity index (χ3v) is 3.53. The molecule has 0 aliphatic carbocycles. The van der Waals surface area contributed by atoms with Crippen molar-refractivity contribution in [2.24, 2.45) is 0 Å². The highest BCUT2D eigenvalue weighted by Crippen LogP contribution is 2.16. The molecule has 3 nitrogen and oxygen atoms in total. The number of amides is 1. The van der Waals surface area contributed by atoms with Crippen molar-refractivity contribution in [1.82, 2.24) is 5.32 Å². The van der Waals surface area contributed by atoms with Gasteiger partial charge < -0.3 is 10.1 Å². The van der Waals surface area contributed by atoms with Gasteiger partial charge in [-0.1, -0.05) is 36.7 Å². The molecule has 0 spiro atoms. The summed E-state index contributed by atoms with van der Waals surface area (Å²) in [4.78, 5) is 12.2. The van der Waals surface area contributed by atoms with E-state index >= 15 is 0 Å². The molecule has 0 fully saturated rings. The van der Waals surface area contributed by atoms with Crippen LogP contribution in [0.2, 0.25) is 5.02 Å². The zero-order chi connectivity index (χ0) is 15.9. The van der Waals surface area contributed by atoms with E-state index in [1.165, 1.54) is 24.3 Å². The van der Waals surface area contributed by atoms with Gasteiger partial charge in [0.15, 0.2) is 6.10 Å². The molecule has 0 aliphatic heterocycles. The molecule has 0 aromatic heterocycles. The van der Waals surface area contributed by atoms with Gasteiger partial charge in [0.05, 0.1) is 0 Å². The molecular weight excluding hydrogens is 305 g/mol. The molecule has 2 rings (SSSR count). The molecule has 0 saturated heterocycles. The molecule has 0 saturated carbocycles. The Balaban J connectivity index is 1.94. The normalized spacial score (nSPS) is 11.8. The van der Waals surface area contributed by atoms with Crippen molar-refractivity contribution >= 4 is 17.5 Å². The van der Waals surface area contributed by atoms with Crippen molar-refractivity contribution in [3.05, 3.63) is 64.9 Å². The summed E-state index contributed by atoms with van der Waals surface area (Å²) >= 11 is 6.05. The predicted octanol–water partition coefficient (Wildman–Crippen LogP) is 3.95. The molecule has 22 heavy (non-hydrogen) atoms. The Labute approximate surface area is 134 Å². The van der Waals surface area contributed by atoms with Crippen LogP contribution in [0.25, 0.3) is 0 Å². The first kappa shape index (κ1) is 16.3. The molecule has 0 aliphatic rings. The van der Waals surface area contributed by atoms with Crippen LogP contribution in [0.4, 0.5) is 4.39 Å². The van der Waals surface area contributed by atoms with Crippen LogP contribution in [0.5, 0.6) is 5.75 Å². The Hall–Kier alpha value is -2.07. The first-order valence-corrected chi connectivity index (χ1v) is 7.41. The van der Waals surface area contributed by atoms with Crippen LogP contribution in [0.15, 0.2) is 48.5 Å². The van der Waals surface area contributed by atoms with Crippen molar-refractivity contribution in [2.75, 3.05) is 0 Å². The van der Waals surface area contributed by atoms with Gasteiger partial charge in [-0.25, -0.2) is 4.39 Å². The summed E-state index contributed by atoms with van der Waals surface area (Å²) in [5, 5.41) is 3.41. The number of carbonyl (C=O) groups excluding carboxylic acids is 1. The molecule has 1 N–H and O–H groups in total. The third kappa shape index (κ3) is 4.46. The molecule has 0 heterocycles. The number of hydrogen-bond donors (Lipinski definition) is 1. The lowest BCUT2D eigenvalue weighted by Crippen LogP contribution is -2.37. The van der Waals surface area contributed by atoms with Crippen LogP contribution in [0.1, 0.15) is 18.9 Å². The number of halogens is 2. The topological polar surface area (TPSA) is 38.3 Å². The van der Waals surface area contributed by atoms with Crippen molar-refractivity contribution in [1.29, 1.82) is 0 Å². The lowest BCUT2D eigenvalue weighted by molar-refractivity contribution is -0.128. The number of ether oxygens (including phenoxy) is 1. The maximum Gasteiger partial charge on any atom is 0.261 e. The molecular formula is C17H17ClFNO2. The second-order valence-corrected chi connectivity index (χ2v) is 5.19. The Morgan fingerprint density at radius 1 is 1.23 bits per heavy atom. The van der Waals surface area contributed by atoms with E-state index in [1.807, 2.05) is 25.1 Å². The predicted molar refractivity (Wildman–Crippen MR) is 84.4 cm³/mol. The fourth-order valence-electron chi connectivity index (χ4n) is 1.94. The molecule has 1 amide bonds. The minimum atomic E-state index is -0.632. The monoisotopic (exact) mass is 321 g/mol. The summed E-state index contributed by atoms with van der Waals surface area (Å²) in [6.45, 7) is 2.19. The highest BCUT2D eigenvalue weighted by Gasteiger charge is 2.18. The highest BCUT2D eigenvalue weighted by atomic mass is 35.5. The summed E-state index contributed by atoms with van der Waals surface area (Å²) in [7, 11) is 0. The Bertz CT molecular complexity index is 631. The van der Waals surface area contributed by atoms with E-state index in [4.69, 9.17) is 16.3 Å². The van der Waals surface area contributed by atoms with Gasteiger partial charge in [0.1, 0.15) is 11.6 Å². The third-order valence-electron chi connectivity index (χ3n) is 3.17. The molecule has 0 bridgehead atoms. The van der Waals surface area contributed by atoms with E-state index in [2.05, 4.69) is 5.32 Å². The summed E-state index contributed by atoms with van der Waals surface area (Å²) < 4.78 is 18.5. The lowest BCUT2D eigenvalue weighted by Gasteiger charge is -2.17. The zero-order valence-corrected chi connectivity index (χ0v) is 12.9. The Morgan fingerprint density at radius 2 is 1.91 bits per heavy atom. The Morgan fingerprint density at radius 3 is 2.55 bits per heavy atom. The smallest absolute Gasteiger partial charge is 0.261 e. The highest BCUT2D eigenvalue weighted by molar-refractivity contribution is 6.31. The molecule has 2 aromatic carbocycles. The van der Waals surface area contributed by atoms with E-state index in [1.54, 1.807) is 6.07 Å². The van der Waals surface area contributed by atoms with E-state index in [9.17, 15) is 9.18 Å². The first-order chi connectivity index (χ1) is 10.6. The quantitative estimate of drug-likeness (QED) is 0.874. The minimum absolute atomic E-state index is 0.230. The van der Waals surface area contributed by atoms with Crippen LogP contribution < -0.4 is 10.1 Å². The molecule has 1 atom stereocenters. The summed E-state index contributed by atoms with van der Waals surface area (Å²) in [5.74, 6) is -0.114. The molecule has 116 valence electrons.